The molecule has 1 atom stereocenters. The topological polar surface area (TPSA) is 63.3 Å². The van der Waals surface area contributed by atoms with E-state index in [2.05, 4.69) is 0 Å². The van der Waals surface area contributed by atoms with Gasteiger partial charge >= 0.3 is 5.97 Å². The fourth-order valence-electron chi connectivity index (χ4n) is 1.36. The molecule has 0 radical (unpaired) electrons. The molecule has 3 heteroatoms. The molecule has 0 aliphatic carbocycles. The van der Waals surface area contributed by atoms with Crippen molar-refractivity contribution in [3.05, 3.63) is 35.9 Å². The van der Waals surface area contributed by atoms with Gasteiger partial charge in [0.05, 0.1) is 0 Å². The van der Waals surface area contributed by atoms with Crippen molar-refractivity contribution in [1.29, 1.82) is 0 Å². The molecule has 0 aliphatic rings. The summed E-state index contributed by atoms with van der Waals surface area (Å²) in [6.07, 6.45) is 0. The minimum atomic E-state index is -0.973. The zero-order valence-electron chi connectivity index (χ0n) is 8.40. The molecule has 3 N–H and O–H groups in total. The quantitative estimate of drug-likeness (QED) is 0.762. The average molecular weight is 193 g/mol. The minimum absolute atomic E-state index is 0.549. The van der Waals surface area contributed by atoms with Gasteiger partial charge < -0.3 is 10.8 Å². The molecule has 0 amide bonds. The molecule has 0 saturated carbocycles. The van der Waals surface area contributed by atoms with E-state index in [0.717, 1.165) is 5.56 Å². The minimum Gasteiger partial charge on any atom is -0.480 e. The Labute approximate surface area is 83.6 Å². The molecule has 1 aromatic rings. The van der Waals surface area contributed by atoms with Crippen LogP contribution in [0.5, 0.6) is 0 Å². The highest BCUT2D eigenvalue weighted by atomic mass is 16.4. The predicted octanol–water partition coefficient (Wildman–Crippen LogP) is 1.38. The number of rotatable bonds is 3. The van der Waals surface area contributed by atoms with E-state index >= 15 is 0 Å². The second-order valence-electron chi connectivity index (χ2n) is 3.90. The summed E-state index contributed by atoms with van der Waals surface area (Å²) >= 11 is 0. The number of nitrogens with two attached hydrogens (primary N) is 1. The summed E-state index contributed by atoms with van der Waals surface area (Å²) in [5.74, 6) is -0.973. The predicted molar refractivity (Wildman–Crippen MR) is 55.1 cm³/mol. The Morgan fingerprint density at radius 3 is 2.29 bits per heavy atom. The summed E-state index contributed by atoms with van der Waals surface area (Å²) in [5.41, 5.74) is 6.02. The molecule has 76 valence electrons. The molecule has 0 bridgehead atoms. The van der Waals surface area contributed by atoms with Gasteiger partial charge in [-0.15, -0.1) is 0 Å². The Hall–Kier alpha value is -1.35. The van der Waals surface area contributed by atoms with E-state index in [4.69, 9.17) is 10.8 Å². The zero-order chi connectivity index (χ0) is 10.8. The molecule has 0 saturated heterocycles. The summed E-state index contributed by atoms with van der Waals surface area (Å²) in [6, 6.07) is 8.55. The number of aliphatic carboxylic acids is 1. The van der Waals surface area contributed by atoms with Crippen molar-refractivity contribution in [3.63, 3.8) is 0 Å². The largest absolute Gasteiger partial charge is 0.480 e. The van der Waals surface area contributed by atoms with Crippen LogP contribution in [0.1, 0.15) is 19.4 Å². The first-order valence-corrected chi connectivity index (χ1v) is 4.50. The Bertz CT molecular complexity index is 319. The zero-order valence-corrected chi connectivity index (χ0v) is 8.40. The lowest BCUT2D eigenvalue weighted by atomic mass is 9.78. The molecule has 3 nitrogen and oxygen atoms in total. The highest BCUT2D eigenvalue weighted by molar-refractivity contribution is 5.75. The Balaban J connectivity index is 3.02. The number of carbonyl (C=O) groups is 1. The molecule has 1 aromatic carbocycles. The molecule has 0 aliphatic heterocycles. The molecular weight excluding hydrogens is 178 g/mol. The first-order chi connectivity index (χ1) is 6.46. The lowest BCUT2D eigenvalue weighted by molar-refractivity contribution is -0.140. The number of hydrogen-bond donors (Lipinski definition) is 2. The Morgan fingerprint density at radius 2 is 1.86 bits per heavy atom. The molecule has 0 aromatic heterocycles. The van der Waals surface area contributed by atoms with Crippen LogP contribution in [0.3, 0.4) is 0 Å². The third-order valence-electron chi connectivity index (χ3n) is 2.56. The second kappa shape index (κ2) is 3.80. The van der Waals surface area contributed by atoms with Crippen LogP contribution in [0.4, 0.5) is 0 Å². The highest BCUT2D eigenvalue weighted by Gasteiger charge is 2.33. The smallest absolute Gasteiger partial charge is 0.321 e. The van der Waals surface area contributed by atoms with Gasteiger partial charge in [0.25, 0.3) is 0 Å². The molecule has 14 heavy (non-hydrogen) atoms. The molecule has 1 unspecified atom stereocenters. The van der Waals surface area contributed by atoms with Gasteiger partial charge in [0, 0.05) is 5.41 Å². The number of hydrogen-bond acceptors (Lipinski definition) is 2. The van der Waals surface area contributed by atoms with Gasteiger partial charge in [-0.25, -0.2) is 0 Å². The van der Waals surface area contributed by atoms with Gasteiger partial charge in [-0.3, -0.25) is 4.79 Å². The summed E-state index contributed by atoms with van der Waals surface area (Å²) in [6.45, 7) is 3.67. The van der Waals surface area contributed by atoms with Crippen molar-refractivity contribution in [2.75, 3.05) is 0 Å². The van der Waals surface area contributed by atoms with Crippen LogP contribution in [-0.2, 0) is 10.2 Å². The fourth-order valence-corrected chi connectivity index (χ4v) is 1.36. The standard InChI is InChI=1S/C11H15NO2/c1-11(2,9(12)10(13)14)8-6-4-3-5-7-8/h3-7,9H,12H2,1-2H3,(H,13,14). The van der Waals surface area contributed by atoms with Crippen LogP contribution in [0.15, 0.2) is 30.3 Å². The SMILES string of the molecule is CC(C)(c1ccccc1)C(N)C(=O)O. The van der Waals surface area contributed by atoms with E-state index in [0.29, 0.717) is 0 Å². The van der Waals surface area contributed by atoms with Gasteiger partial charge in [-0.2, -0.15) is 0 Å². The molecule has 0 fully saturated rings. The number of carboxylic acid groups (broad SMARTS) is 1. The maximum atomic E-state index is 10.8. The highest BCUT2D eigenvalue weighted by Crippen LogP contribution is 2.25. The molecule has 0 spiro atoms. The van der Waals surface area contributed by atoms with Crippen molar-refractivity contribution >= 4 is 5.97 Å². The van der Waals surface area contributed by atoms with Crippen LogP contribution in [0.2, 0.25) is 0 Å². The van der Waals surface area contributed by atoms with E-state index in [-0.39, 0.29) is 0 Å². The van der Waals surface area contributed by atoms with Crippen LogP contribution in [-0.4, -0.2) is 17.1 Å². The first kappa shape index (κ1) is 10.7. The van der Waals surface area contributed by atoms with E-state index in [9.17, 15) is 4.79 Å². The van der Waals surface area contributed by atoms with Crippen LogP contribution in [0.25, 0.3) is 0 Å². The van der Waals surface area contributed by atoms with Crippen molar-refractivity contribution in [2.45, 2.75) is 25.3 Å². The molecule has 0 heterocycles. The Kier molecular flexibility index (Phi) is 2.91. The van der Waals surface area contributed by atoms with Gasteiger partial charge in [0.2, 0.25) is 0 Å². The van der Waals surface area contributed by atoms with Crippen LogP contribution < -0.4 is 5.73 Å². The van der Waals surface area contributed by atoms with Crippen molar-refractivity contribution < 1.29 is 9.90 Å². The summed E-state index contributed by atoms with van der Waals surface area (Å²) < 4.78 is 0. The third-order valence-corrected chi connectivity index (χ3v) is 2.56. The second-order valence-corrected chi connectivity index (χ2v) is 3.90. The average Bonchev–Trinajstić information content (AvgIpc) is 2.18. The Morgan fingerprint density at radius 1 is 1.36 bits per heavy atom. The van der Waals surface area contributed by atoms with Gasteiger partial charge in [-0.1, -0.05) is 44.2 Å². The maximum Gasteiger partial charge on any atom is 0.321 e. The third kappa shape index (κ3) is 1.93. The van der Waals surface area contributed by atoms with Crippen molar-refractivity contribution in [1.82, 2.24) is 0 Å². The fraction of sp³-hybridized carbons (Fsp3) is 0.364. The van der Waals surface area contributed by atoms with E-state index in [1.54, 1.807) is 0 Å². The van der Waals surface area contributed by atoms with E-state index < -0.39 is 17.4 Å². The molecular formula is C11H15NO2. The van der Waals surface area contributed by atoms with Gasteiger partial charge in [0.1, 0.15) is 6.04 Å². The van der Waals surface area contributed by atoms with Crippen LogP contribution >= 0.6 is 0 Å². The molecule has 1 rings (SSSR count). The van der Waals surface area contributed by atoms with Crippen molar-refractivity contribution in [3.8, 4) is 0 Å². The monoisotopic (exact) mass is 193 g/mol. The maximum absolute atomic E-state index is 10.8. The van der Waals surface area contributed by atoms with Crippen LogP contribution in [0, 0.1) is 0 Å². The van der Waals surface area contributed by atoms with Gasteiger partial charge in [0.15, 0.2) is 0 Å². The van der Waals surface area contributed by atoms with E-state index in [1.807, 2.05) is 44.2 Å². The first-order valence-electron chi connectivity index (χ1n) is 4.50. The van der Waals surface area contributed by atoms with Gasteiger partial charge in [-0.05, 0) is 5.56 Å². The summed E-state index contributed by atoms with van der Waals surface area (Å²) in [5, 5.41) is 8.85. The lowest BCUT2D eigenvalue weighted by Crippen LogP contribution is -2.46. The number of carboxylic acids is 1. The summed E-state index contributed by atoms with van der Waals surface area (Å²) in [4.78, 5) is 10.8. The normalized spacial score (nSPS) is 13.6. The van der Waals surface area contributed by atoms with E-state index in [1.165, 1.54) is 0 Å². The van der Waals surface area contributed by atoms with Crippen molar-refractivity contribution in [2.24, 2.45) is 5.73 Å². The lowest BCUT2D eigenvalue weighted by Gasteiger charge is -2.29. The number of benzene rings is 1. The summed E-state index contributed by atoms with van der Waals surface area (Å²) in [7, 11) is 0.